The summed E-state index contributed by atoms with van der Waals surface area (Å²) in [6, 6.07) is 6.15. The predicted octanol–water partition coefficient (Wildman–Crippen LogP) is 0.863. The number of anilines is 1. The van der Waals surface area contributed by atoms with Crippen molar-refractivity contribution < 1.29 is 0 Å². The SMILES string of the molecule is [B]c1cccc2c1CCCN2C. The fourth-order valence-electron chi connectivity index (χ4n) is 1.84. The second kappa shape index (κ2) is 2.85. The quantitative estimate of drug-likeness (QED) is 0.505. The molecule has 0 N–H and O–H groups in total. The van der Waals surface area contributed by atoms with Gasteiger partial charge in [-0.25, -0.2) is 0 Å². The van der Waals surface area contributed by atoms with Gasteiger partial charge in [-0.3, -0.25) is 0 Å². The Hall–Kier alpha value is -0.915. The predicted molar refractivity (Wildman–Crippen MR) is 53.4 cm³/mol. The van der Waals surface area contributed by atoms with E-state index < -0.39 is 0 Å². The molecule has 2 radical (unpaired) electrons. The van der Waals surface area contributed by atoms with Gasteiger partial charge in [0.15, 0.2) is 0 Å². The Bertz CT molecular complexity index is 296. The van der Waals surface area contributed by atoms with Gasteiger partial charge in [-0.2, -0.15) is 0 Å². The van der Waals surface area contributed by atoms with E-state index in [1.54, 1.807) is 0 Å². The van der Waals surface area contributed by atoms with E-state index in [-0.39, 0.29) is 0 Å². The maximum atomic E-state index is 5.88. The Balaban J connectivity index is 2.52. The van der Waals surface area contributed by atoms with Gasteiger partial charge in [-0.15, -0.1) is 0 Å². The second-order valence-electron chi connectivity index (χ2n) is 3.37. The van der Waals surface area contributed by atoms with E-state index in [9.17, 15) is 0 Å². The molecule has 0 aliphatic carbocycles. The molecule has 1 aromatic rings. The zero-order valence-electron chi connectivity index (χ0n) is 7.38. The van der Waals surface area contributed by atoms with E-state index in [2.05, 4.69) is 18.0 Å². The van der Waals surface area contributed by atoms with Crippen LogP contribution in [0.5, 0.6) is 0 Å². The molecule has 12 heavy (non-hydrogen) atoms. The molecule has 60 valence electrons. The lowest BCUT2D eigenvalue weighted by molar-refractivity contribution is 0.747. The van der Waals surface area contributed by atoms with Gasteiger partial charge in [-0.1, -0.05) is 17.6 Å². The van der Waals surface area contributed by atoms with Crippen LogP contribution in [0.4, 0.5) is 5.69 Å². The van der Waals surface area contributed by atoms with Gasteiger partial charge >= 0.3 is 0 Å². The molecule has 0 aromatic heterocycles. The van der Waals surface area contributed by atoms with Crippen LogP contribution < -0.4 is 10.4 Å². The third-order valence-corrected chi connectivity index (χ3v) is 2.52. The fourth-order valence-corrected chi connectivity index (χ4v) is 1.84. The zero-order chi connectivity index (χ0) is 8.55. The minimum Gasteiger partial charge on any atom is -0.374 e. The highest BCUT2D eigenvalue weighted by molar-refractivity contribution is 6.33. The molecule has 0 spiro atoms. The van der Waals surface area contributed by atoms with Crippen LogP contribution in [-0.2, 0) is 6.42 Å². The summed E-state index contributed by atoms with van der Waals surface area (Å²) in [6.07, 6.45) is 2.35. The Kier molecular flexibility index (Phi) is 1.83. The molecule has 1 aromatic carbocycles. The maximum Gasteiger partial charge on any atom is 0.114 e. The summed E-state index contributed by atoms with van der Waals surface area (Å²) in [6.45, 7) is 1.15. The first kappa shape index (κ1) is 7.72. The fraction of sp³-hybridized carbons (Fsp3) is 0.400. The largest absolute Gasteiger partial charge is 0.374 e. The minimum atomic E-state index is 0.944. The van der Waals surface area contributed by atoms with E-state index in [4.69, 9.17) is 7.85 Å². The van der Waals surface area contributed by atoms with E-state index in [1.165, 1.54) is 17.7 Å². The third-order valence-electron chi connectivity index (χ3n) is 2.52. The van der Waals surface area contributed by atoms with Crippen molar-refractivity contribution in [2.75, 3.05) is 18.5 Å². The van der Waals surface area contributed by atoms with Crippen molar-refractivity contribution >= 4 is 19.0 Å². The molecule has 0 unspecified atom stereocenters. The normalized spacial score (nSPS) is 15.9. The molecular weight excluding hydrogens is 145 g/mol. The van der Waals surface area contributed by atoms with Crippen LogP contribution in [0.2, 0.25) is 0 Å². The molecule has 1 aliphatic rings. The summed E-state index contributed by atoms with van der Waals surface area (Å²) >= 11 is 0. The monoisotopic (exact) mass is 157 g/mol. The van der Waals surface area contributed by atoms with Crippen LogP contribution in [0, 0.1) is 0 Å². The lowest BCUT2D eigenvalue weighted by atomic mass is 9.86. The Morgan fingerprint density at radius 3 is 3.00 bits per heavy atom. The number of rotatable bonds is 0. The lowest BCUT2D eigenvalue weighted by Crippen LogP contribution is -2.28. The first-order valence-corrected chi connectivity index (χ1v) is 4.37. The van der Waals surface area contributed by atoms with Gasteiger partial charge in [0.25, 0.3) is 0 Å². The van der Waals surface area contributed by atoms with Gasteiger partial charge < -0.3 is 4.90 Å². The van der Waals surface area contributed by atoms with Crippen molar-refractivity contribution in [3.8, 4) is 0 Å². The van der Waals surface area contributed by atoms with Crippen LogP contribution in [0.3, 0.4) is 0 Å². The minimum absolute atomic E-state index is 0.944. The smallest absolute Gasteiger partial charge is 0.114 e. The van der Waals surface area contributed by atoms with E-state index in [1.807, 2.05) is 12.1 Å². The number of hydrogen-bond donors (Lipinski definition) is 0. The summed E-state index contributed by atoms with van der Waals surface area (Å²) in [5, 5.41) is 0. The summed E-state index contributed by atoms with van der Waals surface area (Å²) in [4.78, 5) is 2.27. The van der Waals surface area contributed by atoms with Gasteiger partial charge in [0.2, 0.25) is 0 Å². The highest BCUT2D eigenvalue weighted by Gasteiger charge is 2.13. The van der Waals surface area contributed by atoms with Crippen molar-refractivity contribution in [3.05, 3.63) is 23.8 Å². The molecular formula is C10H12BN. The first-order valence-electron chi connectivity index (χ1n) is 4.37. The molecule has 0 saturated heterocycles. The molecule has 1 heterocycles. The summed E-state index contributed by atoms with van der Waals surface area (Å²) in [5.74, 6) is 0. The maximum absolute atomic E-state index is 5.88. The average molecular weight is 157 g/mol. The van der Waals surface area contributed by atoms with Crippen LogP contribution in [0.25, 0.3) is 0 Å². The van der Waals surface area contributed by atoms with Crippen LogP contribution in [-0.4, -0.2) is 21.4 Å². The standard InChI is InChI=1S/C10H12BN/c1-12-7-3-4-8-9(11)5-2-6-10(8)12/h2,5-6H,3-4,7H2,1H3. The van der Waals surface area contributed by atoms with Crippen LogP contribution >= 0.6 is 0 Å². The van der Waals surface area contributed by atoms with E-state index in [0.717, 1.165) is 18.4 Å². The van der Waals surface area contributed by atoms with Gasteiger partial charge in [0.1, 0.15) is 7.85 Å². The summed E-state index contributed by atoms with van der Waals surface area (Å²) < 4.78 is 0. The Morgan fingerprint density at radius 1 is 1.42 bits per heavy atom. The molecule has 2 rings (SSSR count). The third kappa shape index (κ3) is 1.11. The van der Waals surface area contributed by atoms with Crippen molar-refractivity contribution in [3.63, 3.8) is 0 Å². The Labute approximate surface area is 74.8 Å². The molecule has 0 amide bonds. The molecule has 1 nitrogen and oxygen atoms in total. The van der Waals surface area contributed by atoms with Gasteiger partial charge in [-0.05, 0) is 24.5 Å². The molecule has 2 heteroatoms. The first-order chi connectivity index (χ1) is 5.79. The summed E-state index contributed by atoms with van der Waals surface area (Å²) in [7, 11) is 8.00. The van der Waals surface area contributed by atoms with E-state index >= 15 is 0 Å². The second-order valence-corrected chi connectivity index (χ2v) is 3.37. The van der Waals surface area contributed by atoms with E-state index in [0.29, 0.717) is 0 Å². The van der Waals surface area contributed by atoms with Crippen molar-refractivity contribution in [2.45, 2.75) is 12.8 Å². The number of hydrogen-bond acceptors (Lipinski definition) is 1. The zero-order valence-corrected chi connectivity index (χ0v) is 7.38. The number of nitrogens with zero attached hydrogens (tertiary/aromatic N) is 1. The molecule has 0 saturated carbocycles. The van der Waals surface area contributed by atoms with Crippen molar-refractivity contribution in [1.29, 1.82) is 0 Å². The topological polar surface area (TPSA) is 3.24 Å². The highest BCUT2D eigenvalue weighted by Crippen LogP contribution is 2.23. The average Bonchev–Trinajstić information content (AvgIpc) is 2.07. The van der Waals surface area contributed by atoms with Crippen LogP contribution in [0.1, 0.15) is 12.0 Å². The summed E-state index contributed by atoms with van der Waals surface area (Å²) in [5.41, 5.74) is 3.58. The van der Waals surface area contributed by atoms with Crippen molar-refractivity contribution in [2.24, 2.45) is 0 Å². The molecule has 0 fully saturated rings. The van der Waals surface area contributed by atoms with Gasteiger partial charge in [0.05, 0.1) is 0 Å². The van der Waals surface area contributed by atoms with Crippen molar-refractivity contribution in [1.82, 2.24) is 0 Å². The Morgan fingerprint density at radius 2 is 2.25 bits per heavy atom. The number of fused-ring (bicyclic) bond motifs is 1. The molecule has 0 atom stereocenters. The van der Waals surface area contributed by atoms with Gasteiger partial charge in [0, 0.05) is 19.3 Å². The van der Waals surface area contributed by atoms with Crippen LogP contribution in [0.15, 0.2) is 18.2 Å². The number of benzene rings is 1. The molecule has 1 aliphatic heterocycles. The molecule has 0 bridgehead atoms. The lowest BCUT2D eigenvalue weighted by Gasteiger charge is -2.28. The highest BCUT2D eigenvalue weighted by atomic mass is 15.1.